The van der Waals surface area contributed by atoms with Crippen molar-refractivity contribution in [3.05, 3.63) is 53.6 Å². The number of nitrogens with one attached hydrogen (secondary N) is 2. The van der Waals surface area contributed by atoms with Gasteiger partial charge in [-0.2, -0.15) is 0 Å². The Bertz CT molecular complexity index is 2130. The molecule has 1 unspecified atom stereocenters. The minimum Gasteiger partial charge on any atom is -0.445 e. The van der Waals surface area contributed by atoms with E-state index in [4.69, 9.17) is 30.4 Å². The van der Waals surface area contributed by atoms with Crippen molar-refractivity contribution < 1.29 is 57.6 Å². The first kappa shape index (κ1) is 52.2. The summed E-state index contributed by atoms with van der Waals surface area (Å²) in [5.74, 6) is -1.94. The highest BCUT2D eigenvalue weighted by atomic mass is 16.7. The van der Waals surface area contributed by atoms with Crippen molar-refractivity contribution in [1.82, 2.24) is 15.1 Å². The first-order valence-electron chi connectivity index (χ1n) is 24.1. The van der Waals surface area contributed by atoms with Gasteiger partial charge in [-0.15, -0.1) is 0 Å². The van der Waals surface area contributed by atoms with Crippen molar-refractivity contribution in [3.8, 4) is 0 Å². The fraction of sp³-hybridized carbons (Fsp3) is 0.660. The van der Waals surface area contributed by atoms with Crippen LogP contribution in [0.2, 0.25) is 0 Å². The lowest BCUT2D eigenvalue weighted by atomic mass is 9.46. The average Bonchev–Trinajstić information content (AvgIpc) is 3.78. The molecule has 5 aliphatic rings. The molecule has 1 aromatic carbocycles. The van der Waals surface area contributed by atoms with Gasteiger partial charge in [0.05, 0.1) is 18.2 Å². The summed E-state index contributed by atoms with van der Waals surface area (Å²) in [6.45, 7) is 9.58. The molecule has 18 nitrogen and oxygen atoms in total. The van der Waals surface area contributed by atoms with Crippen LogP contribution in [0.3, 0.4) is 0 Å². The maximum absolute atomic E-state index is 14.6. The number of fused-ring (bicyclic) bond motifs is 7. The van der Waals surface area contributed by atoms with Crippen LogP contribution in [-0.4, -0.2) is 127 Å². The van der Waals surface area contributed by atoms with Crippen molar-refractivity contribution >= 4 is 47.2 Å². The number of amides is 5. The third kappa shape index (κ3) is 10.8. The summed E-state index contributed by atoms with van der Waals surface area (Å²) in [6, 6.07) is 5.30. The Morgan fingerprint density at radius 2 is 1.69 bits per heavy atom. The Morgan fingerprint density at radius 1 is 1.01 bits per heavy atom. The predicted molar refractivity (Wildman–Crippen MR) is 250 cm³/mol. The molecule has 0 bridgehead atoms. The Labute approximate surface area is 399 Å². The number of hydrogen-bond donors (Lipinski definition) is 5. The van der Waals surface area contributed by atoms with Crippen LogP contribution < -0.4 is 22.1 Å². The van der Waals surface area contributed by atoms with Gasteiger partial charge >= 0.3 is 18.2 Å². The number of nitrogens with zero attached hydrogens (tertiary/aromatic N) is 2. The van der Waals surface area contributed by atoms with Crippen LogP contribution in [0.5, 0.6) is 0 Å². The third-order valence-corrected chi connectivity index (χ3v) is 15.5. The van der Waals surface area contributed by atoms with Gasteiger partial charge < -0.3 is 56.0 Å². The number of nitrogens with two attached hydrogens (primary N) is 2. The van der Waals surface area contributed by atoms with E-state index in [9.17, 15) is 38.7 Å². The number of anilines is 1. The number of ketones is 3. The van der Waals surface area contributed by atoms with Gasteiger partial charge in [-0.05, 0) is 92.5 Å². The van der Waals surface area contributed by atoms with E-state index in [0.29, 0.717) is 36.9 Å². The lowest BCUT2D eigenvalue weighted by molar-refractivity contribution is -0.200. The highest BCUT2D eigenvalue weighted by Gasteiger charge is 2.76. The molecule has 0 radical (unpaired) electrons. The summed E-state index contributed by atoms with van der Waals surface area (Å²) in [4.78, 5) is 92.9. The molecular formula is C50H72N6O12. The maximum Gasteiger partial charge on any atom is 0.409 e. The molecule has 5 amide bonds. The fourth-order valence-electron chi connectivity index (χ4n) is 11.7. The number of rotatable bonds is 20. The topological polar surface area (TPSA) is 259 Å². The first-order chi connectivity index (χ1) is 32.1. The van der Waals surface area contributed by atoms with Crippen molar-refractivity contribution in [2.24, 2.45) is 51.9 Å². The second-order valence-electron chi connectivity index (χ2n) is 20.3. The van der Waals surface area contributed by atoms with Gasteiger partial charge in [-0.1, -0.05) is 64.8 Å². The molecule has 374 valence electrons. The maximum atomic E-state index is 14.6. The van der Waals surface area contributed by atoms with E-state index in [0.717, 1.165) is 24.8 Å². The number of carbonyl (C=O) groups excluding carboxylic acids is 7. The number of benzene rings is 1. The van der Waals surface area contributed by atoms with Gasteiger partial charge in [-0.25, -0.2) is 14.4 Å². The molecule has 1 aliphatic heterocycles. The zero-order valence-corrected chi connectivity index (χ0v) is 40.6. The molecule has 1 heterocycles. The zero-order valence-electron chi connectivity index (χ0n) is 40.6. The van der Waals surface area contributed by atoms with Gasteiger partial charge in [0.15, 0.2) is 30.1 Å². The van der Waals surface area contributed by atoms with Gasteiger partial charge in [0.1, 0.15) is 6.61 Å². The average molecular weight is 949 g/mol. The number of likely N-dealkylation sites (N-methyl/N-ethyl adjacent to an activating group) is 2. The first-order valence-corrected chi connectivity index (χ1v) is 24.1. The van der Waals surface area contributed by atoms with E-state index in [1.165, 1.54) is 23.9 Å². The van der Waals surface area contributed by atoms with Gasteiger partial charge in [0.25, 0.3) is 0 Å². The molecule has 1 saturated heterocycles. The summed E-state index contributed by atoms with van der Waals surface area (Å²) in [5, 5.41) is 17.3. The van der Waals surface area contributed by atoms with Crippen LogP contribution in [0.1, 0.15) is 98.0 Å². The minimum absolute atomic E-state index is 0.0223. The number of allylic oxidation sites excluding steroid dienone is 4. The molecule has 4 fully saturated rings. The quantitative estimate of drug-likeness (QED) is 0.108. The summed E-state index contributed by atoms with van der Waals surface area (Å²) < 4.78 is 24.3. The summed E-state index contributed by atoms with van der Waals surface area (Å²) in [7, 11) is 3.03. The lowest BCUT2D eigenvalue weighted by Crippen LogP contribution is -2.63. The van der Waals surface area contributed by atoms with Crippen LogP contribution in [0.15, 0.2) is 48.1 Å². The molecule has 3 saturated carbocycles. The van der Waals surface area contributed by atoms with Crippen molar-refractivity contribution in [1.29, 1.82) is 0 Å². The second kappa shape index (κ2) is 21.6. The summed E-state index contributed by atoms with van der Waals surface area (Å²) >= 11 is 0. The number of aliphatic hydroxyl groups excluding tert-OH is 1. The Hall–Kier alpha value is -5.17. The number of urea groups is 1. The van der Waals surface area contributed by atoms with Crippen molar-refractivity contribution in [2.45, 2.75) is 129 Å². The smallest absolute Gasteiger partial charge is 0.409 e. The molecule has 68 heavy (non-hydrogen) atoms. The van der Waals surface area contributed by atoms with E-state index < -0.39 is 77.5 Å². The highest BCUT2D eigenvalue weighted by Crippen LogP contribution is 2.69. The molecule has 18 heteroatoms. The lowest BCUT2D eigenvalue weighted by Gasteiger charge is -2.59. The molecule has 6 rings (SSSR count). The Balaban J connectivity index is 0.989. The van der Waals surface area contributed by atoms with Gasteiger partial charge in [0, 0.05) is 68.5 Å². The monoisotopic (exact) mass is 949 g/mol. The zero-order chi connectivity index (χ0) is 49.7. The third-order valence-electron chi connectivity index (χ3n) is 15.5. The standard InChI is InChI=1S/C50H72N6O12/c1-8-10-41-67-40-25-36-35-17-14-32-24-34(57)18-19-48(32,4)42(35)38(59)26-49(36,5)50(40,68-41)39(60)28-66-47(64)56(7)22-21-55(6)46(63)65-27-30-12-15-33(16-13-30)54-44(61)31(11-9-20-53-45(52)62)23-37(58)43(51)29(2)3/h12-13,15-16,18-19,24,29,31,35-36,38,40-43,59H,8-11,14,17,20-23,25-28,51H2,1-7H3,(H,54,61)(H3,52,53,62)/t31-,35+,36+,38+,40-,41?,42-,43+,48+,49+,50-/m1/s1. The number of primary amides is 1. The van der Waals surface area contributed by atoms with Gasteiger partial charge in [-0.3, -0.25) is 19.2 Å². The molecule has 1 aromatic rings. The number of ether oxygens (including phenoxy) is 4. The fourth-order valence-corrected chi connectivity index (χ4v) is 11.7. The van der Waals surface area contributed by atoms with E-state index in [-0.39, 0.29) is 80.2 Å². The van der Waals surface area contributed by atoms with Crippen LogP contribution in [0, 0.1) is 40.4 Å². The molecular weight excluding hydrogens is 877 g/mol. The molecule has 0 spiro atoms. The van der Waals surface area contributed by atoms with E-state index in [2.05, 4.69) is 17.6 Å². The highest BCUT2D eigenvalue weighted by molar-refractivity contribution is 6.01. The van der Waals surface area contributed by atoms with Crippen molar-refractivity contribution in [3.63, 3.8) is 0 Å². The number of hydrogen-bond acceptors (Lipinski definition) is 13. The molecule has 7 N–H and O–H groups in total. The summed E-state index contributed by atoms with van der Waals surface area (Å²) in [5.41, 5.74) is 10.6. The molecule has 0 aromatic heterocycles. The number of aliphatic hydroxyl groups is 1. The normalized spacial score (nSPS) is 29.9. The van der Waals surface area contributed by atoms with E-state index >= 15 is 0 Å². The SMILES string of the molecule is CCCC1O[C@@H]2C[C@H]3[C@@H]4CCC5=CC(=O)C=C[C@]5(C)[C@H]4[C@@H](O)C[C@]3(C)[C@]2(C(=O)COC(=O)N(C)CCN(C)C(=O)OCc2ccc(NC(=O)[C@H](CCCNC(N)=O)CC(=O)[C@@H](N)C(C)C)cc2)O1. The number of Topliss-reactive ketones (excluding diaryl/α,β-unsaturated/α-hetero) is 2. The Morgan fingerprint density at radius 3 is 2.34 bits per heavy atom. The van der Waals surface area contributed by atoms with E-state index in [1.54, 1.807) is 36.4 Å². The van der Waals surface area contributed by atoms with Crippen molar-refractivity contribution in [2.75, 3.05) is 45.7 Å². The van der Waals surface area contributed by atoms with Crippen LogP contribution in [-0.2, 0) is 44.7 Å². The second-order valence-corrected chi connectivity index (χ2v) is 20.3. The van der Waals surface area contributed by atoms with Crippen LogP contribution in [0.4, 0.5) is 20.1 Å². The molecule has 4 aliphatic carbocycles. The van der Waals surface area contributed by atoms with E-state index in [1.807, 2.05) is 33.8 Å². The number of carbonyl (C=O) groups is 7. The van der Waals surface area contributed by atoms with Gasteiger partial charge in [0.2, 0.25) is 11.7 Å². The van der Waals surface area contributed by atoms with Crippen LogP contribution in [0.25, 0.3) is 0 Å². The Kier molecular flexibility index (Phi) is 16.6. The largest absolute Gasteiger partial charge is 0.445 e. The predicted octanol–water partition coefficient (Wildman–Crippen LogP) is 5.01. The summed E-state index contributed by atoms with van der Waals surface area (Å²) in [6.07, 6.45) is 6.27. The molecule has 11 atom stereocenters. The van der Waals surface area contributed by atoms with Crippen LogP contribution >= 0.6 is 0 Å². The minimum atomic E-state index is -1.44.